The van der Waals surface area contributed by atoms with E-state index in [0.717, 1.165) is 30.0 Å². The zero-order chi connectivity index (χ0) is 14.9. The average molecular weight is 304 g/mol. The SMILES string of the molecule is CCNC(C)(Cc1ccccc1F)c1nc2c(s1)CCC2. The van der Waals surface area contributed by atoms with Gasteiger partial charge >= 0.3 is 0 Å². The fourth-order valence-corrected chi connectivity index (χ4v) is 4.32. The van der Waals surface area contributed by atoms with Gasteiger partial charge in [0.05, 0.1) is 11.2 Å². The van der Waals surface area contributed by atoms with Gasteiger partial charge in [-0.2, -0.15) is 0 Å². The molecule has 4 heteroatoms. The molecular formula is C17H21FN2S. The van der Waals surface area contributed by atoms with Gasteiger partial charge in [-0.05, 0) is 50.8 Å². The zero-order valence-corrected chi connectivity index (χ0v) is 13.4. The molecule has 0 radical (unpaired) electrons. The molecule has 0 saturated carbocycles. The monoisotopic (exact) mass is 304 g/mol. The largest absolute Gasteiger partial charge is 0.306 e. The van der Waals surface area contributed by atoms with Crippen LogP contribution in [0.4, 0.5) is 4.39 Å². The van der Waals surface area contributed by atoms with Crippen molar-refractivity contribution in [3.05, 3.63) is 51.2 Å². The summed E-state index contributed by atoms with van der Waals surface area (Å²) in [5, 5.41) is 4.62. The number of nitrogens with one attached hydrogen (secondary N) is 1. The van der Waals surface area contributed by atoms with Crippen LogP contribution in [0.1, 0.15) is 41.4 Å². The smallest absolute Gasteiger partial charge is 0.126 e. The Bertz CT molecular complexity index is 616. The summed E-state index contributed by atoms with van der Waals surface area (Å²) in [7, 11) is 0. The van der Waals surface area contributed by atoms with Crippen molar-refractivity contribution in [2.75, 3.05) is 6.54 Å². The van der Waals surface area contributed by atoms with Crippen LogP contribution in [0.25, 0.3) is 0 Å². The Labute approximate surface area is 129 Å². The number of fused-ring (bicyclic) bond motifs is 1. The lowest BCUT2D eigenvalue weighted by Crippen LogP contribution is -2.41. The number of aryl methyl sites for hydroxylation is 2. The maximum atomic E-state index is 14.0. The molecule has 0 bridgehead atoms. The highest BCUT2D eigenvalue weighted by molar-refractivity contribution is 7.12. The molecule has 2 nitrogen and oxygen atoms in total. The standard InChI is InChI=1S/C17H21FN2S/c1-3-19-17(2,11-12-7-4-5-8-13(12)18)16-20-14-9-6-10-15(14)21-16/h4-5,7-8,19H,3,6,9-11H2,1-2H3. The molecule has 112 valence electrons. The van der Waals surface area contributed by atoms with Gasteiger partial charge in [0.15, 0.2) is 0 Å². The first-order valence-electron chi connectivity index (χ1n) is 7.60. The van der Waals surface area contributed by atoms with E-state index < -0.39 is 0 Å². The fourth-order valence-electron chi connectivity index (χ4n) is 3.05. The highest BCUT2D eigenvalue weighted by Gasteiger charge is 2.32. The molecule has 1 aliphatic rings. The first-order valence-corrected chi connectivity index (χ1v) is 8.41. The second-order valence-electron chi connectivity index (χ2n) is 5.87. The molecule has 0 aliphatic heterocycles. The number of hydrogen-bond acceptors (Lipinski definition) is 3. The average Bonchev–Trinajstić information content (AvgIpc) is 3.03. The molecule has 1 atom stereocenters. The molecule has 0 saturated heterocycles. The number of hydrogen-bond donors (Lipinski definition) is 1. The number of likely N-dealkylation sites (N-methyl/N-ethyl adjacent to an activating group) is 1. The van der Waals surface area contributed by atoms with E-state index in [1.165, 1.54) is 23.1 Å². The Hall–Kier alpha value is -1.26. The minimum absolute atomic E-state index is 0.134. The highest BCUT2D eigenvalue weighted by Crippen LogP contribution is 2.35. The predicted molar refractivity (Wildman–Crippen MR) is 85.3 cm³/mol. The molecular weight excluding hydrogens is 283 g/mol. The molecule has 1 aromatic carbocycles. The van der Waals surface area contributed by atoms with Crippen LogP contribution in [0, 0.1) is 5.82 Å². The van der Waals surface area contributed by atoms with Crippen molar-refractivity contribution in [2.24, 2.45) is 0 Å². The van der Waals surface area contributed by atoms with Crippen LogP contribution in [0.15, 0.2) is 24.3 Å². The third-order valence-corrected chi connectivity index (χ3v) is 5.56. The quantitative estimate of drug-likeness (QED) is 0.908. The van der Waals surface area contributed by atoms with E-state index in [-0.39, 0.29) is 11.4 Å². The van der Waals surface area contributed by atoms with Crippen LogP contribution in [-0.4, -0.2) is 11.5 Å². The minimum atomic E-state index is -0.300. The first-order chi connectivity index (χ1) is 10.1. The summed E-state index contributed by atoms with van der Waals surface area (Å²) in [6.45, 7) is 5.06. The van der Waals surface area contributed by atoms with Crippen LogP contribution in [0.3, 0.4) is 0 Å². The van der Waals surface area contributed by atoms with Crippen LogP contribution in [-0.2, 0) is 24.8 Å². The Morgan fingerprint density at radius 1 is 1.33 bits per heavy atom. The van der Waals surface area contributed by atoms with E-state index in [4.69, 9.17) is 4.98 Å². The lowest BCUT2D eigenvalue weighted by molar-refractivity contribution is 0.365. The normalized spacial score (nSPS) is 16.7. The summed E-state index contributed by atoms with van der Waals surface area (Å²) in [6, 6.07) is 7.03. The van der Waals surface area contributed by atoms with Gasteiger partial charge in [0.25, 0.3) is 0 Å². The maximum absolute atomic E-state index is 14.0. The number of halogens is 1. The topological polar surface area (TPSA) is 24.9 Å². The zero-order valence-electron chi connectivity index (χ0n) is 12.6. The summed E-state index contributed by atoms with van der Waals surface area (Å²) < 4.78 is 14.0. The molecule has 1 N–H and O–H groups in total. The van der Waals surface area contributed by atoms with E-state index in [9.17, 15) is 4.39 Å². The van der Waals surface area contributed by atoms with E-state index in [2.05, 4.69) is 19.2 Å². The Kier molecular flexibility index (Phi) is 4.09. The van der Waals surface area contributed by atoms with Gasteiger partial charge in [-0.25, -0.2) is 9.37 Å². The number of thiazole rings is 1. The summed E-state index contributed by atoms with van der Waals surface area (Å²) >= 11 is 1.80. The third-order valence-electron chi connectivity index (χ3n) is 4.14. The summed E-state index contributed by atoms with van der Waals surface area (Å²) in [5.74, 6) is -0.134. The minimum Gasteiger partial charge on any atom is -0.306 e. The van der Waals surface area contributed by atoms with E-state index in [1.807, 2.05) is 12.1 Å². The fraction of sp³-hybridized carbons (Fsp3) is 0.471. The molecule has 2 aromatic rings. The summed E-state index contributed by atoms with van der Waals surface area (Å²) in [6.07, 6.45) is 4.09. The van der Waals surface area contributed by atoms with Crippen LogP contribution in [0.2, 0.25) is 0 Å². The molecule has 1 aliphatic carbocycles. The van der Waals surface area contributed by atoms with Gasteiger partial charge in [0.1, 0.15) is 10.8 Å². The van der Waals surface area contributed by atoms with Crippen LogP contribution < -0.4 is 5.32 Å². The third kappa shape index (κ3) is 2.87. The van der Waals surface area contributed by atoms with Gasteiger partial charge in [-0.3, -0.25) is 0 Å². The van der Waals surface area contributed by atoms with Crippen molar-refractivity contribution in [1.82, 2.24) is 10.3 Å². The second kappa shape index (κ2) is 5.85. The van der Waals surface area contributed by atoms with Gasteiger partial charge in [0, 0.05) is 4.88 Å². The van der Waals surface area contributed by atoms with Crippen LogP contribution >= 0.6 is 11.3 Å². The van der Waals surface area contributed by atoms with Gasteiger partial charge in [-0.15, -0.1) is 11.3 Å². The van der Waals surface area contributed by atoms with E-state index in [1.54, 1.807) is 17.4 Å². The number of nitrogens with zero attached hydrogens (tertiary/aromatic N) is 1. The first kappa shape index (κ1) is 14.7. The number of aromatic nitrogens is 1. The Balaban J connectivity index is 1.93. The molecule has 0 spiro atoms. The van der Waals surface area contributed by atoms with Crippen molar-refractivity contribution in [3.63, 3.8) is 0 Å². The van der Waals surface area contributed by atoms with Gasteiger partial charge < -0.3 is 5.32 Å². The Morgan fingerprint density at radius 2 is 2.14 bits per heavy atom. The van der Waals surface area contributed by atoms with Crippen molar-refractivity contribution in [3.8, 4) is 0 Å². The van der Waals surface area contributed by atoms with Crippen LogP contribution in [0.5, 0.6) is 0 Å². The van der Waals surface area contributed by atoms with E-state index in [0.29, 0.717) is 6.42 Å². The molecule has 1 unspecified atom stereocenters. The molecule has 0 amide bonds. The van der Waals surface area contributed by atoms with Gasteiger partial charge in [-0.1, -0.05) is 25.1 Å². The number of rotatable bonds is 5. The maximum Gasteiger partial charge on any atom is 0.126 e. The molecule has 1 aromatic heterocycles. The van der Waals surface area contributed by atoms with Crippen molar-refractivity contribution in [2.45, 2.75) is 45.1 Å². The van der Waals surface area contributed by atoms with Crippen molar-refractivity contribution >= 4 is 11.3 Å². The second-order valence-corrected chi connectivity index (χ2v) is 6.96. The molecule has 21 heavy (non-hydrogen) atoms. The predicted octanol–water partition coefficient (Wildman–Crippen LogP) is 3.84. The molecule has 1 heterocycles. The Morgan fingerprint density at radius 3 is 2.86 bits per heavy atom. The lowest BCUT2D eigenvalue weighted by atomic mass is 9.93. The lowest BCUT2D eigenvalue weighted by Gasteiger charge is -2.29. The summed E-state index contributed by atoms with van der Waals surface area (Å²) in [5.41, 5.74) is 1.70. The van der Waals surface area contributed by atoms with Crippen molar-refractivity contribution in [1.29, 1.82) is 0 Å². The summed E-state index contributed by atoms with van der Waals surface area (Å²) in [4.78, 5) is 6.26. The van der Waals surface area contributed by atoms with Gasteiger partial charge in [0.2, 0.25) is 0 Å². The highest BCUT2D eigenvalue weighted by atomic mass is 32.1. The van der Waals surface area contributed by atoms with Crippen molar-refractivity contribution < 1.29 is 4.39 Å². The van der Waals surface area contributed by atoms with E-state index >= 15 is 0 Å². The molecule has 0 fully saturated rings. The molecule has 3 rings (SSSR count). The number of benzene rings is 1.